The minimum atomic E-state index is -0.787. The quantitative estimate of drug-likeness (QED) is 0.716. The molecule has 6 heteroatoms. The van der Waals surface area contributed by atoms with E-state index in [1.54, 1.807) is 36.4 Å². The first kappa shape index (κ1) is 20.4. The van der Waals surface area contributed by atoms with Gasteiger partial charge in [0, 0.05) is 5.56 Å². The zero-order valence-electron chi connectivity index (χ0n) is 15.7. The average molecular weight is 373 g/mol. The van der Waals surface area contributed by atoms with Gasteiger partial charge in [-0.15, -0.1) is 0 Å². The summed E-state index contributed by atoms with van der Waals surface area (Å²) in [4.78, 5) is 24.8. The highest BCUT2D eigenvalue weighted by Gasteiger charge is 2.26. The first-order valence-corrected chi connectivity index (χ1v) is 8.85. The van der Waals surface area contributed by atoms with Gasteiger partial charge in [-0.05, 0) is 54.8 Å². The summed E-state index contributed by atoms with van der Waals surface area (Å²) in [6, 6.07) is 11.6. The molecule has 0 spiro atoms. The number of nitrogens with one attached hydrogen (secondary N) is 1. The molecule has 5 nitrogen and oxygen atoms in total. The van der Waals surface area contributed by atoms with E-state index in [0.717, 1.165) is 0 Å². The molecule has 1 N–H and O–H groups in total. The number of carbonyl (C=O) groups is 2. The summed E-state index contributed by atoms with van der Waals surface area (Å²) in [5.41, 5.74) is 1.10. The summed E-state index contributed by atoms with van der Waals surface area (Å²) in [5.74, 6) is -0.734. The topological polar surface area (TPSA) is 64.6 Å². The highest BCUT2D eigenvalue weighted by molar-refractivity contribution is 5.96. The van der Waals surface area contributed by atoms with Gasteiger partial charge in [0.2, 0.25) is 0 Å². The van der Waals surface area contributed by atoms with Gasteiger partial charge in [-0.1, -0.05) is 26.0 Å². The lowest BCUT2D eigenvalue weighted by atomic mass is 10.0. The number of hydrogen-bond donors (Lipinski definition) is 1. The summed E-state index contributed by atoms with van der Waals surface area (Å²) < 4.78 is 23.6. The Morgan fingerprint density at radius 1 is 1.04 bits per heavy atom. The predicted octanol–water partition coefficient (Wildman–Crippen LogP) is 3.72. The molecule has 0 aliphatic heterocycles. The second-order valence-electron chi connectivity index (χ2n) is 6.39. The lowest BCUT2D eigenvalue weighted by molar-refractivity contribution is -0.148. The number of esters is 1. The molecule has 2 aromatic carbocycles. The molecule has 1 amide bonds. The van der Waals surface area contributed by atoms with Crippen LogP contribution in [0.2, 0.25) is 0 Å². The number of benzene rings is 2. The van der Waals surface area contributed by atoms with Crippen molar-refractivity contribution in [2.75, 3.05) is 6.61 Å². The molecule has 2 rings (SSSR count). The van der Waals surface area contributed by atoms with Crippen molar-refractivity contribution in [1.82, 2.24) is 5.32 Å². The van der Waals surface area contributed by atoms with Crippen LogP contribution in [0, 0.1) is 11.7 Å². The van der Waals surface area contributed by atoms with E-state index in [4.69, 9.17) is 9.47 Å². The highest BCUT2D eigenvalue weighted by Crippen LogP contribution is 2.14. The van der Waals surface area contributed by atoms with Crippen LogP contribution in [0.5, 0.6) is 5.75 Å². The Kier molecular flexibility index (Phi) is 7.34. The lowest BCUT2D eigenvalue weighted by Crippen LogP contribution is -2.45. The molecule has 0 aliphatic carbocycles. The molecular formula is C21H24FNO4. The number of hydrogen-bond acceptors (Lipinski definition) is 4. The zero-order valence-corrected chi connectivity index (χ0v) is 15.7. The van der Waals surface area contributed by atoms with Gasteiger partial charge in [-0.2, -0.15) is 0 Å². The van der Waals surface area contributed by atoms with Crippen LogP contribution in [0.25, 0.3) is 0 Å². The van der Waals surface area contributed by atoms with Gasteiger partial charge in [-0.3, -0.25) is 4.79 Å². The minimum absolute atomic E-state index is 0.0151. The Morgan fingerprint density at radius 3 is 2.22 bits per heavy atom. The maximum Gasteiger partial charge on any atom is 0.329 e. The van der Waals surface area contributed by atoms with Crippen LogP contribution in [-0.2, 0) is 16.1 Å². The van der Waals surface area contributed by atoms with Crippen molar-refractivity contribution in [3.8, 4) is 5.75 Å². The van der Waals surface area contributed by atoms with Crippen LogP contribution in [-0.4, -0.2) is 24.5 Å². The van der Waals surface area contributed by atoms with E-state index in [9.17, 15) is 14.0 Å². The third kappa shape index (κ3) is 6.09. The molecule has 0 aromatic heterocycles. The van der Waals surface area contributed by atoms with Crippen molar-refractivity contribution < 1.29 is 23.5 Å². The summed E-state index contributed by atoms with van der Waals surface area (Å²) in [6.45, 7) is 6.08. The summed E-state index contributed by atoms with van der Waals surface area (Å²) in [7, 11) is 0. The molecular weight excluding hydrogens is 349 g/mol. The molecule has 2 aromatic rings. The maximum atomic E-state index is 12.9. The number of amides is 1. The number of rotatable bonds is 8. The molecule has 0 radical (unpaired) electrons. The van der Waals surface area contributed by atoms with E-state index >= 15 is 0 Å². The first-order valence-electron chi connectivity index (χ1n) is 8.85. The van der Waals surface area contributed by atoms with E-state index in [2.05, 4.69) is 5.32 Å². The fourth-order valence-corrected chi connectivity index (χ4v) is 2.42. The Bertz CT molecular complexity index is 757. The van der Waals surface area contributed by atoms with Gasteiger partial charge in [0.25, 0.3) is 5.91 Å². The van der Waals surface area contributed by atoms with Gasteiger partial charge in [0.1, 0.15) is 24.2 Å². The second-order valence-corrected chi connectivity index (χ2v) is 6.39. The predicted molar refractivity (Wildman–Crippen MR) is 99.9 cm³/mol. The minimum Gasteiger partial charge on any atom is -0.494 e. The molecule has 0 aliphatic rings. The fourth-order valence-electron chi connectivity index (χ4n) is 2.42. The zero-order chi connectivity index (χ0) is 19.8. The number of carbonyl (C=O) groups excluding carboxylic acids is 2. The molecule has 27 heavy (non-hydrogen) atoms. The van der Waals surface area contributed by atoms with Gasteiger partial charge < -0.3 is 14.8 Å². The maximum absolute atomic E-state index is 12.9. The van der Waals surface area contributed by atoms with Crippen molar-refractivity contribution in [2.24, 2.45) is 5.92 Å². The van der Waals surface area contributed by atoms with Crippen molar-refractivity contribution >= 4 is 11.9 Å². The van der Waals surface area contributed by atoms with Crippen molar-refractivity contribution in [1.29, 1.82) is 0 Å². The van der Waals surface area contributed by atoms with Gasteiger partial charge in [0.05, 0.1) is 6.61 Å². The molecule has 0 heterocycles. The van der Waals surface area contributed by atoms with E-state index in [-0.39, 0.29) is 24.2 Å². The summed E-state index contributed by atoms with van der Waals surface area (Å²) in [6.07, 6.45) is 0. The Hall–Kier alpha value is -2.89. The van der Waals surface area contributed by atoms with Crippen molar-refractivity contribution in [3.05, 3.63) is 65.5 Å². The van der Waals surface area contributed by atoms with Gasteiger partial charge in [0.15, 0.2) is 0 Å². The highest BCUT2D eigenvalue weighted by atomic mass is 19.1. The Labute approximate surface area is 158 Å². The molecule has 0 bridgehead atoms. The van der Waals surface area contributed by atoms with Crippen LogP contribution < -0.4 is 10.1 Å². The van der Waals surface area contributed by atoms with E-state index < -0.39 is 12.0 Å². The van der Waals surface area contributed by atoms with Gasteiger partial charge >= 0.3 is 5.97 Å². The van der Waals surface area contributed by atoms with Crippen LogP contribution in [0.4, 0.5) is 4.39 Å². The Morgan fingerprint density at radius 2 is 1.67 bits per heavy atom. The molecule has 0 unspecified atom stereocenters. The van der Waals surface area contributed by atoms with E-state index in [1.807, 2.05) is 20.8 Å². The number of ether oxygens (including phenoxy) is 2. The van der Waals surface area contributed by atoms with E-state index in [0.29, 0.717) is 23.5 Å². The normalized spacial score (nSPS) is 11.7. The average Bonchev–Trinajstić information content (AvgIpc) is 2.66. The number of halogens is 1. The van der Waals surface area contributed by atoms with Gasteiger partial charge in [-0.25, -0.2) is 9.18 Å². The standard InChI is InChI=1S/C21H24FNO4/c1-4-26-18-11-7-16(8-12-18)20(24)23-19(14(2)3)21(25)27-13-15-5-9-17(22)10-6-15/h5-12,14,19H,4,13H2,1-3H3,(H,23,24)/t19-/m0/s1. The van der Waals surface area contributed by atoms with E-state index in [1.165, 1.54) is 12.1 Å². The summed E-state index contributed by atoms with van der Waals surface area (Å²) in [5, 5.41) is 2.72. The summed E-state index contributed by atoms with van der Waals surface area (Å²) >= 11 is 0. The van der Waals surface area contributed by atoms with Crippen LogP contribution in [0.3, 0.4) is 0 Å². The molecule has 0 saturated carbocycles. The Balaban J connectivity index is 1.97. The lowest BCUT2D eigenvalue weighted by Gasteiger charge is -2.21. The molecule has 144 valence electrons. The smallest absolute Gasteiger partial charge is 0.329 e. The SMILES string of the molecule is CCOc1ccc(C(=O)N[C@H](C(=O)OCc2ccc(F)cc2)C(C)C)cc1. The fraction of sp³-hybridized carbons (Fsp3) is 0.333. The van der Waals surface area contributed by atoms with Crippen LogP contribution in [0.1, 0.15) is 36.7 Å². The molecule has 0 saturated heterocycles. The largest absolute Gasteiger partial charge is 0.494 e. The van der Waals surface area contributed by atoms with Crippen molar-refractivity contribution in [3.63, 3.8) is 0 Å². The third-order valence-corrected chi connectivity index (χ3v) is 3.93. The monoisotopic (exact) mass is 373 g/mol. The second kappa shape index (κ2) is 9.71. The first-order chi connectivity index (χ1) is 12.9. The van der Waals surface area contributed by atoms with Crippen molar-refractivity contribution in [2.45, 2.75) is 33.4 Å². The molecule has 1 atom stereocenters. The third-order valence-electron chi connectivity index (χ3n) is 3.93. The van der Waals surface area contributed by atoms with Crippen LogP contribution in [0.15, 0.2) is 48.5 Å². The molecule has 0 fully saturated rings. The van der Waals surface area contributed by atoms with Crippen LogP contribution >= 0.6 is 0 Å².